The smallest absolute Gasteiger partial charge is 0.183 e. The van der Waals surface area contributed by atoms with Crippen molar-refractivity contribution in [3.63, 3.8) is 0 Å². The summed E-state index contributed by atoms with van der Waals surface area (Å²) in [7, 11) is 0. The van der Waals surface area contributed by atoms with Crippen molar-refractivity contribution in [3.8, 4) is 22.1 Å². The van der Waals surface area contributed by atoms with E-state index >= 15 is 0 Å². The maximum atomic E-state index is 13.0. The number of fused-ring (bicyclic) bond motifs is 1. The highest BCUT2D eigenvalue weighted by atomic mass is 35.5. The monoisotopic (exact) mass is 351 g/mol. The fourth-order valence-corrected chi connectivity index (χ4v) is 3.47. The zero-order valence-electron chi connectivity index (χ0n) is 12.4. The molecule has 1 N–H and O–H groups in total. The maximum Gasteiger partial charge on any atom is 0.183 e. The summed E-state index contributed by atoms with van der Waals surface area (Å²) in [6, 6.07) is 6.67. The summed E-state index contributed by atoms with van der Waals surface area (Å²) < 4.78 is 15.2. The Morgan fingerprint density at radius 1 is 1.26 bits per heavy atom. The van der Waals surface area contributed by atoms with Crippen LogP contribution in [0.5, 0.6) is 0 Å². The lowest BCUT2D eigenvalue weighted by Crippen LogP contribution is -2.31. The first-order valence-electron chi connectivity index (χ1n) is 7.08. The third-order valence-electron chi connectivity index (χ3n) is 3.75. The molecule has 4 rings (SSSR count). The van der Waals surface area contributed by atoms with Crippen LogP contribution in [-0.4, -0.2) is 26.3 Å². The van der Waals surface area contributed by atoms with Gasteiger partial charge < -0.3 is 9.88 Å². The minimum absolute atomic E-state index is 0. The van der Waals surface area contributed by atoms with Gasteiger partial charge >= 0.3 is 0 Å². The van der Waals surface area contributed by atoms with Gasteiger partial charge in [0.25, 0.3) is 0 Å². The molecule has 0 spiro atoms. The van der Waals surface area contributed by atoms with Gasteiger partial charge in [0.15, 0.2) is 5.82 Å². The SMILES string of the molecule is CC1CNCc2nnc(-c3csc(-c4ccc(F)cc4)n3)n21.Cl. The molecule has 8 heteroatoms. The van der Waals surface area contributed by atoms with E-state index in [2.05, 4.69) is 32.0 Å². The van der Waals surface area contributed by atoms with Crippen molar-refractivity contribution in [2.24, 2.45) is 0 Å². The van der Waals surface area contributed by atoms with E-state index < -0.39 is 0 Å². The summed E-state index contributed by atoms with van der Waals surface area (Å²) in [5.41, 5.74) is 1.72. The molecular formula is C15H15ClFN5S. The topological polar surface area (TPSA) is 55.6 Å². The molecule has 1 aromatic carbocycles. The molecule has 0 aliphatic carbocycles. The summed E-state index contributed by atoms with van der Waals surface area (Å²) in [4.78, 5) is 4.65. The molecule has 0 fully saturated rings. The van der Waals surface area contributed by atoms with E-state index in [0.717, 1.165) is 41.0 Å². The van der Waals surface area contributed by atoms with Crippen LogP contribution in [-0.2, 0) is 6.54 Å². The predicted octanol–water partition coefficient (Wildman–Crippen LogP) is 3.29. The summed E-state index contributed by atoms with van der Waals surface area (Å²) >= 11 is 1.53. The number of hydrogen-bond acceptors (Lipinski definition) is 5. The molecule has 23 heavy (non-hydrogen) atoms. The average molecular weight is 352 g/mol. The number of benzene rings is 1. The highest BCUT2D eigenvalue weighted by molar-refractivity contribution is 7.13. The zero-order chi connectivity index (χ0) is 15.1. The fraction of sp³-hybridized carbons (Fsp3) is 0.267. The molecular weight excluding hydrogens is 337 g/mol. The van der Waals surface area contributed by atoms with Crippen LogP contribution in [0.1, 0.15) is 18.8 Å². The molecule has 1 aliphatic rings. The minimum Gasteiger partial charge on any atom is -0.308 e. The van der Waals surface area contributed by atoms with E-state index in [4.69, 9.17) is 0 Å². The van der Waals surface area contributed by atoms with E-state index in [9.17, 15) is 4.39 Å². The highest BCUT2D eigenvalue weighted by Crippen LogP contribution is 2.30. The Morgan fingerprint density at radius 2 is 2.04 bits per heavy atom. The summed E-state index contributed by atoms with van der Waals surface area (Å²) in [5, 5.41) is 14.7. The van der Waals surface area contributed by atoms with Gasteiger partial charge in [-0.15, -0.1) is 33.9 Å². The van der Waals surface area contributed by atoms with Crippen LogP contribution in [0, 0.1) is 5.82 Å². The lowest BCUT2D eigenvalue weighted by atomic mass is 10.2. The van der Waals surface area contributed by atoms with E-state index in [1.165, 1.54) is 23.5 Å². The Kier molecular flexibility index (Phi) is 4.43. The number of nitrogens with zero attached hydrogens (tertiary/aromatic N) is 4. The van der Waals surface area contributed by atoms with Gasteiger partial charge in [0.2, 0.25) is 0 Å². The second kappa shape index (κ2) is 6.35. The molecule has 1 atom stereocenters. The van der Waals surface area contributed by atoms with Gasteiger partial charge in [-0.2, -0.15) is 0 Å². The van der Waals surface area contributed by atoms with Crippen LogP contribution < -0.4 is 5.32 Å². The van der Waals surface area contributed by atoms with Crippen molar-refractivity contribution < 1.29 is 4.39 Å². The van der Waals surface area contributed by atoms with Crippen molar-refractivity contribution in [1.82, 2.24) is 25.1 Å². The molecule has 0 saturated carbocycles. The van der Waals surface area contributed by atoms with Gasteiger partial charge in [0.1, 0.15) is 22.3 Å². The van der Waals surface area contributed by atoms with Crippen molar-refractivity contribution in [3.05, 3.63) is 41.3 Å². The number of hydrogen-bond donors (Lipinski definition) is 1. The second-order valence-corrected chi connectivity index (χ2v) is 6.19. The number of nitrogens with one attached hydrogen (secondary N) is 1. The van der Waals surface area contributed by atoms with E-state index in [1.54, 1.807) is 12.1 Å². The molecule has 5 nitrogen and oxygen atoms in total. The highest BCUT2D eigenvalue weighted by Gasteiger charge is 2.23. The van der Waals surface area contributed by atoms with Crippen LogP contribution in [0.2, 0.25) is 0 Å². The molecule has 120 valence electrons. The number of halogens is 2. The first kappa shape index (κ1) is 16.0. The summed E-state index contributed by atoms with van der Waals surface area (Å²) in [6.07, 6.45) is 0. The molecule has 0 radical (unpaired) electrons. The maximum absolute atomic E-state index is 13.0. The lowest BCUT2D eigenvalue weighted by Gasteiger charge is -2.22. The van der Waals surface area contributed by atoms with Gasteiger partial charge in [-0.1, -0.05) is 0 Å². The van der Waals surface area contributed by atoms with Crippen LogP contribution in [0.15, 0.2) is 29.6 Å². The van der Waals surface area contributed by atoms with Gasteiger partial charge in [0.05, 0.1) is 6.54 Å². The van der Waals surface area contributed by atoms with Gasteiger partial charge in [-0.25, -0.2) is 9.37 Å². The molecule has 1 unspecified atom stereocenters. The average Bonchev–Trinajstić information content (AvgIpc) is 3.15. The summed E-state index contributed by atoms with van der Waals surface area (Å²) in [5.74, 6) is 1.49. The Bertz CT molecular complexity index is 814. The second-order valence-electron chi connectivity index (χ2n) is 5.33. The Balaban J connectivity index is 0.00000156. The minimum atomic E-state index is -0.242. The molecule has 0 amide bonds. The van der Waals surface area contributed by atoms with Crippen molar-refractivity contribution >= 4 is 23.7 Å². The summed E-state index contributed by atoms with van der Waals surface area (Å²) in [6.45, 7) is 3.76. The van der Waals surface area contributed by atoms with Gasteiger partial charge in [-0.3, -0.25) is 0 Å². The van der Waals surface area contributed by atoms with Crippen molar-refractivity contribution in [1.29, 1.82) is 0 Å². The molecule has 0 saturated heterocycles. The third-order valence-corrected chi connectivity index (χ3v) is 4.65. The number of aromatic nitrogens is 4. The van der Waals surface area contributed by atoms with Gasteiger partial charge in [0, 0.05) is 23.5 Å². The number of rotatable bonds is 2. The lowest BCUT2D eigenvalue weighted by molar-refractivity contribution is 0.424. The fourth-order valence-electron chi connectivity index (χ4n) is 2.67. The molecule has 3 heterocycles. The molecule has 1 aliphatic heterocycles. The van der Waals surface area contributed by atoms with Crippen molar-refractivity contribution in [2.45, 2.75) is 19.5 Å². The Hall–Kier alpha value is -1.83. The van der Waals surface area contributed by atoms with Crippen LogP contribution in [0.3, 0.4) is 0 Å². The standard InChI is InChI=1S/C15H14FN5S.ClH/c1-9-6-17-7-13-19-20-14(21(9)13)12-8-22-15(18-12)10-2-4-11(16)5-3-10;/h2-5,8-9,17H,6-7H2,1H3;1H. The Morgan fingerprint density at radius 3 is 2.83 bits per heavy atom. The number of thiazole rings is 1. The van der Waals surface area contributed by atoms with Crippen LogP contribution >= 0.6 is 23.7 Å². The Labute approximate surface area is 143 Å². The van der Waals surface area contributed by atoms with Crippen LogP contribution in [0.25, 0.3) is 22.1 Å². The quantitative estimate of drug-likeness (QED) is 0.769. The predicted molar refractivity (Wildman–Crippen MR) is 90.2 cm³/mol. The normalized spacial score (nSPS) is 16.7. The van der Waals surface area contributed by atoms with E-state index in [-0.39, 0.29) is 18.2 Å². The van der Waals surface area contributed by atoms with E-state index in [1.807, 2.05) is 5.38 Å². The molecule has 2 aromatic heterocycles. The van der Waals surface area contributed by atoms with Crippen molar-refractivity contribution in [2.75, 3.05) is 6.54 Å². The first-order chi connectivity index (χ1) is 10.7. The van der Waals surface area contributed by atoms with Crippen LogP contribution in [0.4, 0.5) is 4.39 Å². The van der Waals surface area contributed by atoms with Gasteiger partial charge in [-0.05, 0) is 31.2 Å². The largest absolute Gasteiger partial charge is 0.308 e. The first-order valence-corrected chi connectivity index (χ1v) is 7.96. The zero-order valence-corrected chi connectivity index (χ0v) is 14.0. The third kappa shape index (κ3) is 2.87. The molecule has 0 bridgehead atoms. The van der Waals surface area contributed by atoms with E-state index in [0.29, 0.717) is 6.04 Å². The molecule has 3 aromatic rings.